The van der Waals surface area contributed by atoms with E-state index in [1.807, 2.05) is 13.8 Å². The molecule has 3 aromatic rings. The van der Waals surface area contributed by atoms with E-state index in [0.29, 0.717) is 27.2 Å². The van der Waals surface area contributed by atoms with Crippen LogP contribution in [0.2, 0.25) is 0 Å². The van der Waals surface area contributed by atoms with Gasteiger partial charge < -0.3 is 10.3 Å². The molecule has 0 aliphatic heterocycles. The highest BCUT2D eigenvalue weighted by Gasteiger charge is 2.26. The molecule has 0 aliphatic rings. The third-order valence-electron chi connectivity index (χ3n) is 3.72. The molecule has 0 fully saturated rings. The van der Waals surface area contributed by atoms with Gasteiger partial charge >= 0.3 is 0 Å². The molecule has 5 nitrogen and oxygen atoms in total. The summed E-state index contributed by atoms with van der Waals surface area (Å²) in [5.41, 5.74) is 0.971. The summed E-state index contributed by atoms with van der Waals surface area (Å²) in [7, 11) is 0. The standard InChI is InChI=1S/C17H16FN3O2S/c1-9(22)21-17(2,3)14-8-24-16(20-14)15(23)12-7-19-13-6-10(18)4-5-11(12)13/h4-8,19H,1-3H3,(H,21,22). The number of amides is 1. The highest BCUT2D eigenvalue weighted by Crippen LogP contribution is 2.26. The van der Waals surface area contributed by atoms with Crippen LogP contribution >= 0.6 is 11.3 Å². The van der Waals surface area contributed by atoms with Crippen LogP contribution in [0.5, 0.6) is 0 Å². The quantitative estimate of drug-likeness (QED) is 0.712. The van der Waals surface area contributed by atoms with Gasteiger partial charge in [-0.05, 0) is 32.0 Å². The Morgan fingerprint density at radius 2 is 2.08 bits per heavy atom. The Hall–Kier alpha value is -2.54. The van der Waals surface area contributed by atoms with Gasteiger partial charge in [0.25, 0.3) is 0 Å². The van der Waals surface area contributed by atoms with E-state index < -0.39 is 5.54 Å². The molecule has 0 saturated heterocycles. The minimum absolute atomic E-state index is 0.167. The summed E-state index contributed by atoms with van der Waals surface area (Å²) in [4.78, 5) is 31.3. The smallest absolute Gasteiger partial charge is 0.223 e. The molecule has 0 spiro atoms. The molecular weight excluding hydrogens is 329 g/mol. The van der Waals surface area contributed by atoms with Gasteiger partial charge in [0.1, 0.15) is 5.82 Å². The van der Waals surface area contributed by atoms with Crippen molar-refractivity contribution >= 4 is 33.9 Å². The van der Waals surface area contributed by atoms with E-state index in [4.69, 9.17) is 0 Å². The molecule has 2 aromatic heterocycles. The maximum absolute atomic E-state index is 13.3. The molecule has 0 bridgehead atoms. The van der Waals surface area contributed by atoms with Gasteiger partial charge in [-0.15, -0.1) is 11.3 Å². The van der Waals surface area contributed by atoms with Gasteiger partial charge in [-0.25, -0.2) is 9.37 Å². The topological polar surface area (TPSA) is 74.8 Å². The molecule has 0 saturated carbocycles. The lowest BCUT2D eigenvalue weighted by atomic mass is 10.0. The number of fused-ring (bicyclic) bond motifs is 1. The summed E-state index contributed by atoms with van der Waals surface area (Å²) in [6.07, 6.45) is 1.56. The largest absolute Gasteiger partial charge is 0.360 e. The zero-order valence-electron chi connectivity index (χ0n) is 13.4. The molecular formula is C17H16FN3O2S. The summed E-state index contributed by atoms with van der Waals surface area (Å²) in [5, 5.41) is 5.55. The SMILES string of the molecule is CC(=O)NC(C)(C)c1csc(C(=O)c2c[nH]c3cc(F)ccc23)n1. The number of thiazole rings is 1. The number of benzene rings is 1. The molecule has 24 heavy (non-hydrogen) atoms. The lowest BCUT2D eigenvalue weighted by Gasteiger charge is -2.23. The highest BCUT2D eigenvalue weighted by molar-refractivity contribution is 7.12. The minimum atomic E-state index is -0.662. The van der Waals surface area contributed by atoms with Gasteiger partial charge in [-0.2, -0.15) is 0 Å². The molecule has 1 aromatic carbocycles. The Morgan fingerprint density at radius 3 is 2.79 bits per heavy atom. The first-order chi connectivity index (χ1) is 11.3. The van der Waals surface area contributed by atoms with Crippen molar-refractivity contribution in [2.24, 2.45) is 0 Å². The van der Waals surface area contributed by atoms with Crippen LogP contribution < -0.4 is 5.32 Å². The second-order valence-corrected chi connectivity index (χ2v) is 6.92. The number of hydrogen-bond donors (Lipinski definition) is 2. The first-order valence-electron chi connectivity index (χ1n) is 7.34. The van der Waals surface area contributed by atoms with E-state index >= 15 is 0 Å². The van der Waals surface area contributed by atoms with Gasteiger partial charge in [0.05, 0.1) is 16.8 Å². The number of carbonyl (C=O) groups excluding carboxylic acids is 2. The molecule has 0 radical (unpaired) electrons. The second-order valence-electron chi connectivity index (χ2n) is 6.07. The maximum atomic E-state index is 13.3. The maximum Gasteiger partial charge on any atom is 0.223 e. The molecule has 2 heterocycles. The first-order valence-corrected chi connectivity index (χ1v) is 8.22. The Labute approximate surface area is 141 Å². The molecule has 7 heteroatoms. The molecule has 124 valence electrons. The average molecular weight is 345 g/mol. The Bertz CT molecular complexity index is 942. The molecule has 0 aliphatic carbocycles. The van der Waals surface area contributed by atoms with Crippen molar-refractivity contribution in [3.05, 3.63) is 51.9 Å². The van der Waals surface area contributed by atoms with Crippen LogP contribution in [-0.4, -0.2) is 21.7 Å². The summed E-state index contributed by atoms with van der Waals surface area (Å²) in [6, 6.07) is 4.24. The molecule has 3 rings (SSSR count). The van der Waals surface area contributed by atoms with Crippen LogP contribution in [0.4, 0.5) is 4.39 Å². The van der Waals surface area contributed by atoms with Gasteiger partial charge in [0.15, 0.2) is 5.01 Å². The third kappa shape index (κ3) is 2.94. The highest BCUT2D eigenvalue weighted by atomic mass is 32.1. The van der Waals surface area contributed by atoms with Crippen molar-refractivity contribution in [3.63, 3.8) is 0 Å². The number of nitrogens with one attached hydrogen (secondary N) is 2. The summed E-state index contributed by atoms with van der Waals surface area (Å²) < 4.78 is 13.3. The lowest BCUT2D eigenvalue weighted by Crippen LogP contribution is -2.39. The van der Waals surface area contributed by atoms with E-state index in [1.165, 1.54) is 30.4 Å². The van der Waals surface area contributed by atoms with Crippen LogP contribution in [-0.2, 0) is 10.3 Å². The van der Waals surface area contributed by atoms with Gasteiger partial charge in [0.2, 0.25) is 11.7 Å². The fraction of sp³-hybridized carbons (Fsp3) is 0.235. The summed E-state index contributed by atoms with van der Waals surface area (Å²) in [6.45, 7) is 5.09. The number of ketones is 1. The average Bonchev–Trinajstić information content (AvgIpc) is 3.12. The minimum Gasteiger partial charge on any atom is -0.360 e. The van der Waals surface area contributed by atoms with Crippen molar-refractivity contribution in [1.82, 2.24) is 15.3 Å². The monoisotopic (exact) mass is 345 g/mol. The van der Waals surface area contributed by atoms with E-state index in [2.05, 4.69) is 15.3 Å². The Balaban J connectivity index is 1.94. The number of H-pyrrole nitrogens is 1. The van der Waals surface area contributed by atoms with E-state index in [9.17, 15) is 14.0 Å². The summed E-state index contributed by atoms with van der Waals surface area (Å²) >= 11 is 1.22. The van der Waals surface area contributed by atoms with Crippen LogP contribution in [0, 0.1) is 5.82 Å². The van der Waals surface area contributed by atoms with Crippen molar-refractivity contribution in [3.8, 4) is 0 Å². The zero-order chi connectivity index (χ0) is 17.5. The number of halogens is 1. The number of rotatable bonds is 4. The predicted octanol–water partition coefficient (Wildman–Crippen LogP) is 3.37. The number of nitrogens with zero attached hydrogens (tertiary/aromatic N) is 1. The van der Waals surface area contributed by atoms with Crippen LogP contribution in [0.3, 0.4) is 0 Å². The lowest BCUT2D eigenvalue weighted by molar-refractivity contribution is -0.120. The van der Waals surface area contributed by atoms with Crippen LogP contribution in [0.25, 0.3) is 10.9 Å². The number of aromatic nitrogens is 2. The number of carbonyl (C=O) groups is 2. The normalized spacial score (nSPS) is 11.7. The van der Waals surface area contributed by atoms with E-state index in [0.717, 1.165) is 0 Å². The Kier molecular flexibility index (Phi) is 3.96. The van der Waals surface area contributed by atoms with Crippen molar-refractivity contribution in [1.29, 1.82) is 0 Å². The number of aromatic amines is 1. The first kappa shape index (κ1) is 16.3. The van der Waals surface area contributed by atoms with E-state index in [-0.39, 0.29) is 17.5 Å². The van der Waals surface area contributed by atoms with E-state index in [1.54, 1.807) is 17.6 Å². The molecule has 1 amide bonds. The Morgan fingerprint density at radius 1 is 1.33 bits per heavy atom. The van der Waals surface area contributed by atoms with Crippen LogP contribution in [0.1, 0.15) is 41.8 Å². The van der Waals surface area contributed by atoms with Gasteiger partial charge in [-0.1, -0.05) is 0 Å². The van der Waals surface area contributed by atoms with Crippen LogP contribution in [0.15, 0.2) is 29.8 Å². The fourth-order valence-electron chi connectivity index (χ4n) is 2.57. The van der Waals surface area contributed by atoms with Crippen molar-refractivity contribution < 1.29 is 14.0 Å². The third-order valence-corrected chi connectivity index (χ3v) is 4.56. The summed E-state index contributed by atoms with van der Waals surface area (Å²) in [5.74, 6) is -0.765. The molecule has 0 unspecified atom stereocenters. The second kappa shape index (κ2) is 5.83. The van der Waals surface area contributed by atoms with Gasteiger partial charge in [0, 0.05) is 29.4 Å². The zero-order valence-corrected chi connectivity index (χ0v) is 14.3. The predicted molar refractivity (Wildman–Crippen MR) is 90.6 cm³/mol. The fourth-order valence-corrected chi connectivity index (χ4v) is 3.51. The molecule has 0 atom stereocenters. The van der Waals surface area contributed by atoms with Crippen molar-refractivity contribution in [2.75, 3.05) is 0 Å². The number of hydrogen-bond acceptors (Lipinski definition) is 4. The van der Waals surface area contributed by atoms with Gasteiger partial charge in [-0.3, -0.25) is 9.59 Å². The molecule has 2 N–H and O–H groups in total. The van der Waals surface area contributed by atoms with Crippen molar-refractivity contribution in [2.45, 2.75) is 26.3 Å².